The minimum atomic E-state index is -0.372. The lowest BCUT2D eigenvalue weighted by atomic mass is 10.1. The number of rotatable bonds is 4. The molecule has 6 nitrogen and oxygen atoms in total. The minimum Gasteiger partial charge on any atom is -0.272 e. The van der Waals surface area contributed by atoms with Gasteiger partial charge in [0.15, 0.2) is 0 Å². The van der Waals surface area contributed by atoms with Gasteiger partial charge in [0.05, 0.1) is 11.9 Å². The highest BCUT2D eigenvalue weighted by atomic mass is 35.5. The van der Waals surface area contributed by atoms with Crippen LogP contribution in [0, 0.1) is 0 Å². The molecule has 2 heterocycles. The Morgan fingerprint density at radius 1 is 1.17 bits per heavy atom. The minimum absolute atomic E-state index is 0.321. The fraction of sp³-hybridized carbons (Fsp3) is 0. The predicted octanol–water partition coefficient (Wildman–Crippen LogP) is 2.89. The third kappa shape index (κ3) is 3.81. The quantitative estimate of drug-likeness (QED) is 0.571. The van der Waals surface area contributed by atoms with Crippen LogP contribution in [-0.2, 0) is 0 Å². The van der Waals surface area contributed by atoms with E-state index in [-0.39, 0.29) is 5.91 Å². The maximum absolute atomic E-state index is 12.0. The van der Waals surface area contributed by atoms with Crippen LogP contribution in [0.2, 0.25) is 5.02 Å². The van der Waals surface area contributed by atoms with Gasteiger partial charge >= 0.3 is 0 Å². The van der Waals surface area contributed by atoms with Gasteiger partial charge in [-0.1, -0.05) is 23.7 Å². The number of carbonyl (C=O) groups is 1. The predicted molar refractivity (Wildman–Crippen MR) is 88.3 cm³/mol. The van der Waals surface area contributed by atoms with Crippen LogP contribution in [0.5, 0.6) is 0 Å². The van der Waals surface area contributed by atoms with E-state index in [1.54, 1.807) is 42.7 Å². The second-order valence-corrected chi connectivity index (χ2v) is 5.09. The molecule has 0 saturated heterocycles. The third-order valence-corrected chi connectivity index (χ3v) is 3.30. The van der Waals surface area contributed by atoms with E-state index in [1.165, 1.54) is 6.21 Å². The van der Waals surface area contributed by atoms with Gasteiger partial charge in [0.2, 0.25) is 0 Å². The largest absolute Gasteiger partial charge is 0.289 e. The first-order valence-electron chi connectivity index (χ1n) is 6.77. The lowest BCUT2D eigenvalue weighted by molar-refractivity contribution is 0.0950. The molecule has 0 unspecified atom stereocenters. The molecule has 0 aliphatic heterocycles. The van der Waals surface area contributed by atoms with E-state index in [0.717, 1.165) is 11.1 Å². The van der Waals surface area contributed by atoms with Gasteiger partial charge in [0, 0.05) is 23.0 Å². The molecule has 0 fully saturated rings. The van der Waals surface area contributed by atoms with E-state index in [2.05, 4.69) is 25.7 Å². The Morgan fingerprint density at radius 2 is 1.91 bits per heavy atom. The van der Waals surface area contributed by atoms with Gasteiger partial charge in [-0.15, -0.1) is 0 Å². The standard InChI is InChI=1S/C16H12ClN5O/c17-13-3-1-12(2-4-13)14-9-15(21-20-14)16(23)22-19-10-11-5-7-18-8-6-11/h1-10H,(H,20,21)(H,22,23). The van der Waals surface area contributed by atoms with Crippen molar-refractivity contribution >= 4 is 23.7 Å². The summed E-state index contributed by atoms with van der Waals surface area (Å²) in [4.78, 5) is 15.9. The highest BCUT2D eigenvalue weighted by Gasteiger charge is 2.10. The second-order valence-electron chi connectivity index (χ2n) is 4.65. The van der Waals surface area contributed by atoms with Crippen molar-refractivity contribution in [1.29, 1.82) is 0 Å². The SMILES string of the molecule is O=C(NN=Cc1ccncc1)c1cc(-c2ccc(Cl)cc2)n[nH]1. The van der Waals surface area contributed by atoms with Gasteiger partial charge in [-0.3, -0.25) is 14.9 Å². The van der Waals surface area contributed by atoms with Gasteiger partial charge in [-0.25, -0.2) is 5.43 Å². The Balaban J connectivity index is 1.67. The van der Waals surface area contributed by atoms with Crippen molar-refractivity contribution < 1.29 is 4.79 Å². The number of carbonyl (C=O) groups excluding carboxylic acids is 1. The van der Waals surface area contributed by atoms with E-state index >= 15 is 0 Å². The fourth-order valence-corrected chi connectivity index (χ4v) is 2.01. The van der Waals surface area contributed by atoms with Crippen molar-refractivity contribution in [3.63, 3.8) is 0 Å². The first-order chi connectivity index (χ1) is 11.2. The average molecular weight is 326 g/mol. The average Bonchev–Trinajstić information content (AvgIpc) is 3.06. The molecular weight excluding hydrogens is 314 g/mol. The molecule has 7 heteroatoms. The van der Waals surface area contributed by atoms with Crippen molar-refractivity contribution in [2.75, 3.05) is 0 Å². The molecule has 1 amide bonds. The third-order valence-electron chi connectivity index (χ3n) is 3.05. The van der Waals surface area contributed by atoms with Crippen molar-refractivity contribution in [2.45, 2.75) is 0 Å². The van der Waals surface area contributed by atoms with Crippen LogP contribution in [0.4, 0.5) is 0 Å². The molecule has 0 aliphatic carbocycles. The van der Waals surface area contributed by atoms with Gasteiger partial charge in [0.1, 0.15) is 5.69 Å². The zero-order valence-corrected chi connectivity index (χ0v) is 12.7. The molecule has 3 aromatic rings. The summed E-state index contributed by atoms with van der Waals surface area (Å²) >= 11 is 5.85. The van der Waals surface area contributed by atoms with Gasteiger partial charge < -0.3 is 0 Å². The molecular formula is C16H12ClN5O. The second kappa shape index (κ2) is 6.85. The monoisotopic (exact) mass is 325 g/mol. The summed E-state index contributed by atoms with van der Waals surface area (Å²) in [5, 5.41) is 11.3. The Kier molecular flexibility index (Phi) is 4.44. The van der Waals surface area contributed by atoms with Gasteiger partial charge in [-0.05, 0) is 35.9 Å². The van der Waals surface area contributed by atoms with Crippen molar-refractivity contribution in [3.8, 4) is 11.3 Å². The molecule has 1 aromatic carbocycles. The number of hydrogen-bond acceptors (Lipinski definition) is 4. The van der Waals surface area contributed by atoms with Gasteiger partial charge in [0.25, 0.3) is 5.91 Å². The molecule has 3 rings (SSSR count). The van der Waals surface area contributed by atoms with Crippen LogP contribution in [0.3, 0.4) is 0 Å². The topological polar surface area (TPSA) is 83.0 Å². The van der Waals surface area contributed by atoms with Crippen LogP contribution < -0.4 is 5.43 Å². The highest BCUT2D eigenvalue weighted by Crippen LogP contribution is 2.20. The number of aromatic amines is 1. The molecule has 23 heavy (non-hydrogen) atoms. The molecule has 114 valence electrons. The number of halogens is 1. The first kappa shape index (κ1) is 14.9. The van der Waals surface area contributed by atoms with E-state index < -0.39 is 0 Å². The lowest BCUT2D eigenvalue weighted by Crippen LogP contribution is -2.17. The van der Waals surface area contributed by atoms with Gasteiger partial charge in [-0.2, -0.15) is 10.2 Å². The summed E-state index contributed by atoms with van der Waals surface area (Å²) in [6.07, 6.45) is 4.84. The summed E-state index contributed by atoms with van der Waals surface area (Å²) in [5.41, 5.74) is 5.12. The number of nitrogens with one attached hydrogen (secondary N) is 2. The summed E-state index contributed by atoms with van der Waals surface area (Å²) in [6.45, 7) is 0. The molecule has 2 N–H and O–H groups in total. The first-order valence-corrected chi connectivity index (χ1v) is 7.15. The molecule has 2 aromatic heterocycles. The summed E-state index contributed by atoms with van der Waals surface area (Å²) in [6, 6.07) is 12.4. The number of benzene rings is 1. The Morgan fingerprint density at radius 3 is 2.65 bits per heavy atom. The summed E-state index contributed by atoms with van der Waals surface area (Å²) in [7, 11) is 0. The van der Waals surface area contributed by atoms with Crippen LogP contribution in [0.1, 0.15) is 16.1 Å². The smallest absolute Gasteiger partial charge is 0.272 e. The molecule has 0 radical (unpaired) electrons. The van der Waals surface area contributed by atoms with E-state index in [4.69, 9.17) is 11.6 Å². The van der Waals surface area contributed by atoms with Crippen molar-refractivity contribution in [3.05, 3.63) is 71.1 Å². The molecule has 0 bridgehead atoms. The number of aromatic nitrogens is 3. The number of amides is 1. The number of hydrogen-bond donors (Lipinski definition) is 2. The zero-order valence-electron chi connectivity index (χ0n) is 11.9. The maximum atomic E-state index is 12.0. The molecule has 0 aliphatic rings. The van der Waals surface area contributed by atoms with Crippen LogP contribution in [0.25, 0.3) is 11.3 Å². The van der Waals surface area contributed by atoms with E-state index in [1.807, 2.05) is 12.1 Å². The maximum Gasteiger partial charge on any atom is 0.289 e. The summed E-state index contributed by atoms with van der Waals surface area (Å²) in [5.74, 6) is -0.372. The van der Waals surface area contributed by atoms with E-state index in [9.17, 15) is 4.79 Å². The number of hydrazone groups is 1. The zero-order chi connectivity index (χ0) is 16.1. The number of H-pyrrole nitrogens is 1. The number of nitrogens with zero attached hydrogens (tertiary/aromatic N) is 3. The van der Waals surface area contributed by atoms with Crippen LogP contribution in [0.15, 0.2) is 60.0 Å². The Hall–Kier alpha value is -2.99. The molecule has 0 spiro atoms. The van der Waals surface area contributed by atoms with Crippen LogP contribution in [-0.4, -0.2) is 27.3 Å². The summed E-state index contributed by atoms with van der Waals surface area (Å²) < 4.78 is 0. The van der Waals surface area contributed by atoms with E-state index in [0.29, 0.717) is 16.4 Å². The Labute approximate surface area is 137 Å². The Bertz CT molecular complexity index is 827. The lowest BCUT2D eigenvalue weighted by Gasteiger charge is -1.96. The van der Waals surface area contributed by atoms with Crippen LogP contribution >= 0.6 is 11.6 Å². The molecule has 0 saturated carbocycles. The molecule has 0 atom stereocenters. The fourth-order valence-electron chi connectivity index (χ4n) is 1.88. The normalized spacial score (nSPS) is 10.8. The van der Waals surface area contributed by atoms with Crippen molar-refractivity contribution in [2.24, 2.45) is 5.10 Å². The van der Waals surface area contributed by atoms with Crippen molar-refractivity contribution in [1.82, 2.24) is 20.6 Å². The highest BCUT2D eigenvalue weighted by molar-refractivity contribution is 6.30. The number of pyridine rings is 1.